The van der Waals surface area contributed by atoms with Gasteiger partial charge in [-0.1, -0.05) is 6.92 Å². The fourth-order valence-electron chi connectivity index (χ4n) is 3.38. The Morgan fingerprint density at radius 1 is 1.36 bits per heavy atom. The van der Waals surface area contributed by atoms with Crippen LogP contribution in [-0.4, -0.2) is 78.9 Å². The number of aliphatic hydroxyl groups is 2. The van der Waals surface area contributed by atoms with E-state index < -0.39 is 53.3 Å². The molecule has 4 rings (SSSR count). The Hall–Kier alpha value is -3.18. The predicted molar refractivity (Wildman–Crippen MR) is 110 cm³/mol. The summed E-state index contributed by atoms with van der Waals surface area (Å²) in [6.07, 6.45) is 0.425. The van der Waals surface area contributed by atoms with Crippen molar-refractivity contribution in [1.29, 1.82) is 0 Å². The van der Waals surface area contributed by atoms with Gasteiger partial charge in [0.1, 0.15) is 30.2 Å². The zero-order chi connectivity index (χ0) is 23.8. The van der Waals surface area contributed by atoms with Gasteiger partial charge >= 0.3 is 10.3 Å². The van der Waals surface area contributed by atoms with E-state index in [9.17, 15) is 23.4 Å². The molecule has 0 unspecified atom stereocenters. The number of ether oxygens (including phenoxy) is 1. The summed E-state index contributed by atoms with van der Waals surface area (Å²) in [5.41, 5.74) is 6.94. The Morgan fingerprint density at radius 3 is 2.88 bits per heavy atom. The first-order valence-corrected chi connectivity index (χ1v) is 11.2. The smallest absolute Gasteiger partial charge is 0.362 e. The molecule has 178 valence electrons. The maximum absolute atomic E-state index is 12.2. The Kier molecular flexibility index (Phi) is 6.26. The Balaban J connectivity index is 1.37. The normalized spacial score (nSPS) is 24.2. The molecule has 4 heterocycles. The lowest BCUT2D eigenvalue weighted by atomic mass is 10.1. The van der Waals surface area contributed by atoms with Gasteiger partial charge in [0, 0.05) is 24.2 Å². The third kappa shape index (κ3) is 4.79. The number of aromatic amines is 1. The number of amides is 1. The first-order chi connectivity index (χ1) is 15.7. The van der Waals surface area contributed by atoms with E-state index >= 15 is 0 Å². The average molecular weight is 482 g/mol. The molecule has 0 saturated carbocycles. The lowest BCUT2D eigenvalue weighted by Gasteiger charge is -2.16. The van der Waals surface area contributed by atoms with Crippen LogP contribution in [0.1, 0.15) is 18.8 Å². The van der Waals surface area contributed by atoms with Crippen molar-refractivity contribution in [2.24, 2.45) is 5.92 Å². The molecule has 1 aliphatic rings. The molecular formula is C17H22N8O7S. The standard InChI is InChI=1S/C17H22N8O7S/c1-8(2-9-3-19-5-20-9)16(28)24-33(29,30)31-4-10-12(26)13(27)17(32-10)25-7-23-11-14(18)21-6-22-15(11)25/h3,5-8,10,12-13,17,26-27H,2,4H2,1H3,(H,19,20)(H,24,28)(H2,18,21,22)/t8-,10-,12-,13-,17-/m0/s1. The van der Waals surface area contributed by atoms with Crippen LogP contribution in [0.2, 0.25) is 0 Å². The summed E-state index contributed by atoms with van der Waals surface area (Å²) in [5, 5.41) is 20.7. The molecule has 16 heteroatoms. The van der Waals surface area contributed by atoms with E-state index in [2.05, 4.69) is 24.9 Å². The van der Waals surface area contributed by atoms with Gasteiger partial charge in [0.15, 0.2) is 17.7 Å². The SMILES string of the molecule is C[C@@H](Cc1cnc[nH]1)C(=O)NS(=O)(=O)OC[C@@H]1O[C@H](n2cnc3c(N)ncnc32)[C@@H](O)[C@H]1O. The van der Waals surface area contributed by atoms with Crippen molar-refractivity contribution >= 4 is 33.2 Å². The summed E-state index contributed by atoms with van der Waals surface area (Å²) in [4.78, 5) is 30.8. The molecule has 3 aromatic heterocycles. The number of nitrogen functional groups attached to an aromatic ring is 1. The number of hydrogen-bond donors (Lipinski definition) is 5. The number of rotatable bonds is 8. The monoisotopic (exact) mass is 482 g/mol. The van der Waals surface area contributed by atoms with E-state index in [1.807, 2.05) is 4.72 Å². The van der Waals surface area contributed by atoms with Gasteiger partial charge in [0.05, 0.1) is 19.3 Å². The average Bonchev–Trinajstić information content (AvgIpc) is 3.48. The number of aliphatic hydroxyl groups excluding tert-OH is 2. The molecule has 3 aromatic rings. The van der Waals surface area contributed by atoms with Gasteiger partial charge in [0.2, 0.25) is 5.91 Å². The summed E-state index contributed by atoms with van der Waals surface area (Å²) in [6, 6.07) is 0. The fourth-order valence-corrected chi connectivity index (χ4v) is 4.20. The number of H-pyrrole nitrogens is 1. The number of fused-ring (bicyclic) bond motifs is 1. The van der Waals surface area contributed by atoms with E-state index in [0.717, 1.165) is 0 Å². The summed E-state index contributed by atoms with van der Waals surface area (Å²) >= 11 is 0. The quantitative estimate of drug-likeness (QED) is 0.235. The Labute approximate surface area is 187 Å². The van der Waals surface area contributed by atoms with Crippen LogP contribution in [0, 0.1) is 5.92 Å². The van der Waals surface area contributed by atoms with Crippen molar-refractivity contribution in [2.75, 3.05) is 12.3 Å². The third-order valence-electron chi connectivity index (χ3n) is 5.14. The molecule has 1 aliphatic heterocycles. The van der Waals surface area contributed by atoms with Crippen LogP contribution in [0.25, 0.3) is 11.2 Å². The number of hydrogen-bond acceptors (Lipinski definition) is 12. The van der Waals surface area contributed by atoms with Crippen molar-refractivity contribution < 1.29 is 32.3 Å². The van der Waals surface area contributed by atoms with Crippen molar-refractivity contribution in [2.45, 2.75) is 37.9 Å². The van der Waals surface area contributed by atoms with Gasteiger partial charge < -0.3 is 25.7 Å². The Bertz CT molecular complexity index is 1230. The number of aromatic nitrogens is 6. The Morgan fingerprint density at radius 2 is 2.15 bits per heavy atom. The lowest BCUT2D eigenvalue weighted by Crippen LogP contribution is -2.39. The van der Waals surface area contributed by atoms with Crippen LogP contribution in [-0.2, 0) is 30.4 Å². The van der Waals surface area contributed by atoms with Gasteiger partial charge in [-0.2, -0.15) is 8.42 Å². The van der Waals surface area contributed by atoms with Crippen LogP contribution >= 0.6 is 0 Å². The van der Waals surface area contributed by atoms with Gasteiger partial charge in [-0.05, 0) is 0 Å². The summed E-state index contributed by atoms with van der Waals surface area (Å²) in [7, 11) is -4.50. The van der Waals surface area contributed by atoms with E-state index in [1.165, 1.54) is 29.7 Å². The summed E-state index contributed by atoms with van der Waals surface area (Å²) < 4.78 is 38.0. The van der Waals surface area contributed by atoms with Crippen molar-refractivity contribution in [1.82, 2.24) is 34.2 Å². The number of imidazole rings is 2. The molecule has 0 bridgehead atoms. The lowest BCUT2D eigenvalue weighted by molar-refractivity contribution is -0.122. The van der Waals surface area contributed by atoms with Crippen LogP contribution in [0.3, 0.4) is 0 Å². The molecule has 1 fully saturated rings. The van der Waals surface area contributed by atoms with E-state index in [4.69, 9.17) is 14.7 Å². The number of carbonyl (C=O) groups excluding carboxylic acids is 1. The maximum atomic E-state index is 12.2. The maximum Gasteiger partial charge on any atom is 0.362 e. The fraction of sp³-hybridized carbons (Fsp3) is 0.471. The highest BCUT2D eigenvalue weighted by molar-refractivity contribution is 7.85. The molecule has 0 aliphatic carbocycles. The van der Waals surface area contributed by atoms with Crippen LogP contribution in [0.5, 0.6) is 0 Å². The molecule has 15 nitrogen and oxygen atoms in total. The third-order valence-corrected chi connectivity index (χ3v) is 6.04. The van der Waals surface area contributed by atoms with E-state index in [-0.39, 0.29) is 23.4 Å². The van der Waals surface area contributed by atoms with Crippen LogP contribution in [0.4, 0.5) is 5.82 Å². The van der Waals surface area contributed by atoms with Crippen LogP contribution < -0.4 is 10.5 Å². The van der Waals surface area contributed by atoms with Crippen LogP contribution in [0.15, 0.2) is 25.2 Å². The molecule has 6 N–H and O–H groups in total. The minimum absolute atomic E-state index is 0.121. The molecular weight excluding hydrogens is 460 g/mol. The topological polar surface area (TPSA) is 220 Å². The highest BCUT2D eigenvalue weighted by atomic mass is 32.2. The van der Waals surface area contributed by atoms with Crippen molar-refractivity contribution in [3.8, 4) is 0 Å². The van der Waals surface area contributed by atoms with E-state index in [0.29, 0.717) is 5.69 Å². The number of nitrogens with two attached hydrogens (primary N) is 1. The predicted octanol–water partition coefficient (Wildman–Crippen LogP) is -1.99. The molecule has 33 heavy (non-hydrogen) atoms. The number of nitrogens with one attached hydrogen (secondary N) is 2. The minimum Gasteiger partial charge on any atom is -0.387 e. The largest absolute Gasteiger partial charge is 0.387 e. The number of carbonyl (C=O) groups is 1. The second kappa shape index (κ2) is 8.99. The second-order valence-electron chi connectivity index (χ2n) is 7.52. The number of nitrogens with zero attached hydrogens (tertiary/aromatic N) is 5. The van der Waals surface area contributed by atoms with Crippen molar-refractivity contribution in [3.05, 3.63) is 30.9 Å². The highest BCUT2D eigenvalue weighted by Gasteiger charge is 2.45. The zero-order valence-corrected chi connectivity index (χ0v) is 18.1. The minimum atomic E-state index is -4.50. The number of anilines is 1. The summed E-state index contributed by atoms with van der Waals surface area (Å²) in [6.45, 7) is 0.887. The zero-order valence-electron chi connectivity index (χ0n) is 17.3. The highest BCUT2D eigenvalue weighted by Crippen LogP contribution is 2.32. The van der Waals surface area contributed by atoms with Gasteiger partial charge in [-0.3, -0.25) is 13.5 Å². The molecule has 0 aromatic carbocycles. The molecule has 5 atom stereocenters. The first kappa shape index (κ1) is 23.0. The molecule has 1 saturated heterocycles. The van der Waals surface area contributed by atoms with Crippen molar-refractivity contribution in [3.63, 3.8) is 0 Å². The molecule has 0 radical (unpaired) electrons. The summed E-state index contributed by atoms with van der Waals surface area (Å²) in [5.74, 6) is -1.35. The molecule has 0 spiro atoms. The first-order valence-electron chi connectivity index (χ1n) is 9.79. The van der Waals surface area contributed by atoms with Gasteiger partial charge in [-0.25, -0.2) is 24.7 Å². The van der Waals surface area contributed by atoms with E-state index in [1.54, 1.807) is 6.92 Å². The molecule has 1 amide bonds. The second-order valence-corrected chi connectivity index (χ2v) is 8.86. The van der Waals surface area contributed by atoms with Gasteiger partial charge in [0.25, 0.3) is 0 Å². The van der Waals surface area contributed by atoms with Gasteiger partial charge in [-0.15, -0.1) is 0 Å².